The van der Waals surface area contributed by atoms with Gasteiger partial charge in [0.15, 0.2) is 0 Å². The molecule has 1 aliphatic heterocycles. The van der Waals surface area contributed by atoms with Crippen molar-refractivity contribution in [3.05, 3.63) is 0 Å². The molecule has 37 heavy (non-hydrogen) atoms. The van der Waals surface area contributed by atoms with Crippen LogP contribution in [0.4, 0.5) is 0 Å². The molecule has 2 amide bonds. The minimum Gasteiger partial charge on any atom is -0.394 e. The minimum absolute atomic E-state index is 0.0738. The fraction of sp³-hybridized carbons (Fsp3) is 0.913. The largest absolute Gasteiger partial charge is 0.394 e. The number of carbonyl (C=O) groups excluding carboxylic acids is 2. The summed E-state index contributed by atoms with van der Waals surface area (Å²) in [5, 5.41) is 48.4. The predicted molar refractivity (Wildman–Crippen MR) is 133 cm³/mol. The number of amides is 2. The topological polar surface area (TPSA) is 191 Å². The summed E-state index contributed by atoms with van der Waals surface area (Å²) in [5.41, 5.74) is 0. The molecule has 1 aliphatic rings. The summed E-state index contributed by atoms with van der Waals surface area (Å²) in [4.78, 5) is 24.9. The molecular formula is C23H46N4O10. The molecule has 0 aromatic heterocycles. The van der Waals surface area contributed by atoms with Crippen LogP contribution in [0.15, 0.2) is 0 Å². The number of hydrogen-bond acceptors (Lipinski definition) is 12. The van der Waals surface area contributed by atoms with Crippen LogP contribution in [0.3, 0.4) is 0 Å². The SMILES string of the molecule is CNCCOCCOCCNC(O)CN(CCOCC[C@H]1OC(CO)[C@H](O)[C@H](O)[C@H]1NC(C)=O)C(C)=O. The van der Waals surface area contributed by atoms with Crippen LogP contribution in [-0.4, -0.2) is 153 Å². The molecule has 0 saturated carbocycles. The highest BCUT2D eigenvalue weighted by atomic mass is 16.5. The van der Waals surface area contributed by atoms with Crippen LogP contribution < -0.4 is 16.0 Å². The molecule has 1 saturated heterocycles. The molecule has 7 N–H and O–H groups in total. The Hall–Kier alpha value is -1.46. The molecule has 0 bridgehead atoms. The van der Waals surface area contributed by atoms with Gasteiger partial charge >= 0.3 is 0 Å². The highest BCUT2D eigenvalue weighted by Crippen LogP contribution is 2.23. The van der Waals surface area contributed by atoms with Gasteiger partial charge in [0.25, 0.3) is 0 Å². The number of likely N-dealkylation sites (N-methyl/N-ethyl adjacent to an activating group) is 1. The Labute approximate surface area is 218 Å². The summed E-state index contributed by atoms with van der Waals surface area (Å²) in [5.74, 6) is -0.609. The first-order valence-corrected chi connectivity index (χ1v) is 12.7. The third-order valence-electron chi connectivity index (χ3n) is 5.78. The first-order valence-electron chi connectivity index (χ1n) is 12.7. The third kappa shape index (κ3) is 13.8. The average Bonchev–Trinajstić information content (AvgIpc) is 2.85. The van der Waals surface area contributed by atoms with Gasteiger partial charge in [-0.05, 0) is 13.5 Å². The number of hydrogen-bond donors (Lipinski definition) is 7. The molecule has 6 atom stereocenters. The Bertz CT molecular complexity index is 632. The summed E-state index contributed by atoms with van der Waals surface area (Å²) in [7, 11) is 1.85. The summed E-state index contributed by atoms with van der Waals surface area (Å²) in [6.45, 7) is 6.05. The Kier molecular flexibility index (Phi) is 17.8. The van der Waals surface area contributed by atoms with E-state index in [2.05, 4.69) is 16.0 Å². The Morgan fingerprint density at radius 2 is 1.59 bits per heavy atom. The number of nitrogens with zero attached hydrogens (tertiary/aromatic N) is 1. The van der Waals surface area contributed by atoms with E-state index in [9.17, 15) is 30.0 Å². The fourth-order valence-electron chi connectivity index (χ4n) is 3.77. The van der Waals surface area contributed by atoms with Crippen LogP contribution in [0, 0.1) is 0 Å². The van der Waals surface area contributed by atoms with Crippen molar-refractivity contribution in [2.24, 2.45) is 0 Å². The lowest BCUT2D eigenvalue weighted by Gasteiger charge is -2.42. The van der Waals surface area contributed by atoms with Gasteiger partial charge in [-0.25, -0.2) is 0 Å². The van der Waals surface area contributed by atoms with Crippen molar-refractivity contribution >= 4 is 11.8 Å². The van der Waals surface area contributed by atoms with Gasteiger partial charge < -0.3 is 54.9 Å². The molecular weight excluding hydrogens is 492 g/mol. The van der Waals surface area contributed by atoms with Gasteiger partial charge in [0.2, 0.25) is 11.8 Å². The molecule has 1 fully saturated rings. The molecule has 0 spiro atoms. The maximum atomic E-state index is 11.9. The Balaban J connectivity index is 2.30. The van der Waals surface area contributed by atoms with Gasteiger partial charge in [-0.15, -0.1) is 0 Å². The van der Waals surface area contributed by atoms with Crippen molar-refractivity contribution in [3.63, 3.8) is 0 Å². The van der Waals surface area contributed by atoms with E-state index in [-0.39, 0.29) is 38.6 Å². The summed E-state index contributed by atoms with van der Waals surface area (Å²) in [6, 6.07) is -0.858. The maximum Gasteiger partial charge on any atom is 0.219 e. The summed E-state index contributed by atoms with van der Waals surface area (Å²) < 4.78 is 22.0. The van der Waals surface area contributed by atoms with Crippen LogP contribution in [0.5, 0.6) is 0 Å². The lowest BCUT2D eigenvalue weighted by atomic mass is 9.91. The zero-order valence-electron chi connectivity index (χ0n) is 22.1. The number of aliphatic hydroxyl groups excluding tert-OH is 4. The van der Waals surface area contributed by atoms with Gasteiger partial charge in [0.05, 0.1) is 58.3 Å². The maximum absolute atomic E-state index is 11.9. The van der Waals surface area contributed by atoms with Crippen LogP contribution >= 0.6 is 0 Å². The monoisotopic (exact) mass is 538 g/mol. The quantitative estimate of drug-likeness (QED) is 0.0596. The van der Waals surface area contributed by atoms with Gasteiger partial charge in [-0.3, -0.25) is 14.9 Å². The number of nitrogens with one attached hydrogen (secondary N) is 3. The fourth-order valence-corrected chi connectivity index (χ4v) is 3.77. The van der Waals surface area contributed by atoms with Crippen LogP contribution in [-0.2, 0) is 28.5 Å². The number of aliphatic hydroxyl groups is 4. The molecule has 0 aromatic rings. The molecule has 1 rings (SSSR count). The molecule has 0 aromatic carbocycles. The standard InChI is InChI=1S/C23H46N4O10/c1-16(29)26-21-18(37-19(15-28)22(32)23(21)33)4-8-34-11-7-27(17(2)30)14-20(31)25-6-10-36-13-12-35-9-5-24-3/h18-25,28,31-33H,4-15H2,1-3H3,(H,26,29)/t18-,19?,20?,21+,22+,23-/m1/s1. The molecule has 0 aliphatic carbocycles. The first-order chi connectivity index (χ1) is 17.7. The second-order valence-electron chi connectivity index (χ2n) is 8.77. The van der Waals surface area contributed by atoms with E-state index in [0.717, 1.165) is 6.54 Å². The van der Waals surface area contributed by atoms with E-state index in [1.54, 1.807) is 0 Å². The van der Waals surface area contributed by atoms with Crippen molar-refractivity contribution in [1.29, 1.82) is 0 Å². The lowest BCUT2D eigenvalue weighted by Crippen LogP contribution is -2.64. The van der Waals surface area contributed by atoms with Gasteiger partial charge in [0, 0.05) is 40.1 Å². The van der Waals surface area contributed by atoms with E-state index in [1.807, 2.05) is 7.05 Å². The van der Waals surface area contributed by atoms with Crippen molar-refractivity contribution in [2.75, 3.05) is 79.5 Å². The van der Waals surface area contributed by atoms with E-state index in [0.29, 0.717) is 33.0 Å². The normalized spacial score (nSPS) is 24.6. The number of carbonyl (C=O) groups is 2. The van der Waals surface area contributed by atoms with E-state index in [1.165, 1.54) is 18.7 Å². The van der Waals surface area contributed by atoms with E-state index < -0.39 is 49.2 Å². The van der Waals surface area contributed by atoms with Crippen LogP contribution in [0.25, 0.3) is 0 Å². The second-order valence-corrected chi connectivity index (χ2v) is 8.77. The Morgan fingerprint density at radius 1 is 0.946 bits per heavy atom. The summed E-state index contributed by atoms with van der Waals surface area (Å²) >= 11 is 0. The Morgan fingerprint density at radius 3 is 2.19 bits per heavy atom. The first kappa shape index (κ1) is 33.6. The van der Waals surface area contributed by atoms with E-state index >= 15 is 0 Å². The molecule has 218 valence electrons. The molecule has 14 nitrogen and oxygen atoms in total. The van der Waals surface area contributed by atoms with Gasteiger partial charge in [-0.2, -0.15) is 0 Å². The van der Waals surface area contributed by atoms with Crippen molar-refractivity contribution in [1.82, 2.24) is 20.9 Å². The zero-order chi connectivity index (χ0) is 27.6. The summed E-state index contributed by atoms with van der Waals surface area (Å²) in [6.07, 6.45) is -4.96. The molecule has 14 heteroatoms. The number of rotatable bonds is 20. The van der Waals surface area contributed by atoms with Crippen molar-refractivity contribution in [3.8, 4) is 0 Å². The van der Waals surface area contributed by atoms with Gasteiger partial charge in [0.1, 0.15) is 24.5 Å². The highest BCUT2D eigenvalue weighted by Gasteiger charge is 2.44. The average molecular weight is 539 g/mol. The third-order valence-corrected chi connectivity index (χ3v) is 5.78. The minimum atomic E-state index is -1.34. The highest BCUT2D eigenvalue weighted by molar-refractivity contribution is 5.73. The van der Waals surface area contributed by atoms with Crippen LogP contribution in [0.2, 0.25) is 0 Å². The second kappa shape index (κ2) is 19.6. The van der Waals surface area contributed by atoms with E-state index in [4.69, 9.17) is 18.9 Å². The molecule has 1 heterocycles. The zero-order valence-corrected chi connectivity index (χ0v) is 22.1. The van der Waals surface area contributed by atoms with Gasteiger partial charge in [-0.1, -0.05) is 0 Å². The van der Waals surface area contributed by atoms with Crippen molar-refractivity contribution in [2.45, 2.75) is 57.0 Å². The number of ether oxygens (including phenoxy) is 4. The van der Waals surface area contributed by atoms with Crippen molar-refractivity contribution < 1.29 is 49.0 Å². The molecule has 2 unspecified atom stereocenters. The van der Waals surface area contributed by atoms with Crippen LogP contribution in [0.1, 0.15) is 20.3 Å². The predicted octanol–water partition coefficient (Wildman–Crippen LogP) is -3.61. The lowest BCUT2D eigenvalue weighted by molar-refractivity contribution is -0.198. The smallest absolute Gasteiger partial charge is 0.219 e. The molecule has 0 radical (unpaired) electrons.